The Bertz CT molecular complexity index is 1140. The maximum Gasteiger partial charge on any atom is 0.243 e. The number of carbonyl (C=O) groups is 1. The fourth-order valence-electron chi connectivity index (χ4n) is 4.70. The van der Waals surface area contributed by atoms with Crippen LogP contribution in [0.1, 0.15) is 40.6 Å². The summed E-state index contributed by atoms with van der Waals surface area (Å²) in [5.74, 6) is 1.14. The first kappa shape index (κ1) is 21.5. The molecule has 0 bridgehead atoms. The Labute approximate surface area is 188 Å². The van der Waals surface area contributed by atoms with Crippen molar-refractivity contribution in [3.8, 4) is 11.5 Å². The Hall–Kier alpha value is -2.36. The SMILES string of the molecule is Cc1cc(C(=O)CN2CCN(S(=O)(=O)c3ccc4c(c3)OCCO4)CC2)c(C)n1C1CC1. The summed E-state index contributed by atoms with van der Waals surface area (Å²) in [7, 11) is -3.63. The number of nitrogens with zero attached hydrogens (tertiary/aromatic N) is 3. The summed E-state index contributed by atoms with van der Waals surface area (Å²) in [4.78, 5) is 15.2. The molecule has 0 N–H and O–H groups in total. The summed E-state index contributed by atoms with van der Waals surface area (Å²) >= 11 is 0. The lowest BCUT2D eigenvalue weighted by molar-refractivity contribution is 0.0901. The molecule has 1 saturated carbocycles. The lowest BCUT2D eigenvalue weighted by Crippen LogP contribution is -2.49. The minimum atomic E-state index is -3.63. The largest absolute Gasteiger partial charge is 0.486 e. The number of sulfonamides is 1. The number of hydrogen-bond donors (Lipinski definition) is 0. The van der Waals surface area contributed by atoms with Crippen LogP contribution in [0.4, 0.5) is 0 Å². The summed E-state index contributed by atoms with van der Waals surface area (Å²) in [6.07, 6.45) is 2.37. The van der Waals surface area contributed by atoms with Crippen molar-refractivity contribution >= 4 is 15.8 Å². The zero-order valence-electron chi connectivity index (χ0n) is 18.5. The molecule has 2 fully saturated rings. The third-order valence-electron chi connectivity index (χ3n) is 6.55. The first-order chi connectivity index (χ1) is 15.3. The molecule has 1 aromatic heterocycles. The van der Waals surface area contributed by atoms with Gasteiger partial charge in [-0.1, -0.05) is 0 Å². The van der Waals surface area contributed by atoms with E-state index in [-0.39, 0.29) is 10.7 Å². The van der Waals surface area contributed by atoms with E-state index in [0.717, 1.165) is 17.0 Å². The van der Waals surface area contributed by atoms with Gasteiger partial charge in [0.05, 0.1) is 11.4 Å². The standard InChI is InChI=1S/C23H29N3O5S/c1-16-13-20(17(2)26(16)18-3-4-18)21(27)15-24-7-9-25(10-8-24)32(28,29)19-5-6-22-23(14-19)31-12-11-30-22/h5-6,13-14,18H,3-4,7-12,15H2,1-2H3. The molecule has 32 heavy (non-hydrogen) atoms. The van der Waals surface area contributed by atoms with Gasteiger partial charge >= 0.3 is 0 Å². The van der Waals surface area contributed by atoms with Crippen molar-refractivity contribution in [2.24, 2.45) is 0 Å². The van der Waals surface area contributed by atoms with Gasteiger partial charge in [0.15, 0.2) is 17.3 Å². The van der Waals surface area contributed by atoms with Gasteiger partial charge in [-0.15, -0.1) is 0 Å². The van der Waals surface area contributed by atoms with E-state index in [1.807, 2.05) is 17.9 Å². The Balaban J connectivity index is 1.22. The van der Waals surface area contributed by atoms with Crippen LogP contribution in [0.3, 0.4) is 0 Å². The molecule has 0 spiro atoms. The molecule has 2 aliphatic heterocycles. The fourth-order valence-corrected chi connectivity index (χ4v) is 6.14. The van der Waals surface area contributed by atoms with Crippen LogP contribution in [0.2, 0.25) is 0 Å². The number of aromatic nitrogens is 1. The number of rotatable bonds is 6. The first-order valence-corrected chi connectivity index (χ1v) is 12.6. The second-order valence-electron chi connectivity index (χ2n) is 8.79. The van der Waals surface area contributed by atoms with Crippen molar-refractivity contribution in [3.63, 3.8) is 0 Å². The van der Waals surface area contributed by atoms with E-state index < -0.39 is 10.0 Å². The maximum absolute atomic E-state index is 13.1. The Morgan fingerprint density at radius 3 is 2.38 bits per heavy atom. The Morgan fingerprint density at radius 2 is 1.69 bits per heavy atom. The molecule has 9 heteroatoms. The normalized spacial score (nSPS) is 19.8. The number of hydrogen-bond acceptors (Lipinski definition) is 6. The van der Waals surface area contributed by atoms with Crippen LogP contribution in [-0.2, 0) is 10.0 Å². The molecule has 5 rings (SSSR count). The topological polar surface area (TPSA) is 81.1 Å². The van der Waals surface area contributed by atoms with E-state index in [9.17, 15) is 13.2 Å². The zero-order valence-corrected chi connectivity index (χ0v) is 19.4. The second kappa shape index (κ2) is 8.20. The lowest BCUT2D eigenvalue weighted by Gasteiger charge is -2.33. The molecule has 3 aliphatic rings. The summed E-state index contributed by atoms with van der Waals surface area (Å²) in [5, 5.41) is 0. The van der Waals surface area contributed by atoms with E-state index in [0.29, 0.717) is 63.5 Å². The number of aryl methyl sites for hydroxylation is 1. The molecule has 8 nitrogen and oxygen atoms in total. The van der Waals surface area contributed by atoms with Crippen LogP contribution in [0, 0.1) is 13.8 Å². The summed E-state index contributed by atoms with van der Waals surface area (Å²) in [6, 6.07) is 7.29. The molecule has 0 amide bonds. The van der Waals surface area contributed by atoms with Crippen LogP contribution >= 0.6 is 0 Å². The molecule has 3 heterocycles. The van der Waals surface area contributed by atoms with Crippen molar-refractivity contribution in [3.05, 3.63) is 41.2 Å². The highest BCUT2D eigenvalue weighted by molar-refractivity contribution is 7.89. The number of piperazine rings is 1. The van der Waals surface area contributed by atoms with E-state index in [2.05, 4.69) is 11.5 Å². The summed E-state index contributed by atoms with van der Waals surface area (Å²) in [5.41, 5.74) is 2.99. The number of fused-ring (bicyclic) bond motifs is 1. The van der Waals surface area contributed by atoms with Crippen molar-refractivity contribution in [2.45, 2.75) is 37.6 Å². The molecule has 0 atom stereocenters. The third kappa shape index (κ3) is 3.93. The fraction of sp³-hybridized carbons (Fsp3) is 0.522. The monoisotopic (exact) mass is 459 g/mol. The van der Waals surface area contributed by atoms with Gasteiger partial charge in [-0.25, -0.2) is 8.42 Å². The highest BCUT2D eigenvalue weighted by Crippen LogP contribution is 2.38. The van der Waals surface area contributed by atoms with E-state index in [1.165, 1.54) is 23.2 Å². The molecule has 1 saturated heterocycles. The maximum atomic E-state index is 13.1. The molecule has 2 aromatic rings. The average Bonchev–Trinajstić information content (AvgIpc) is 3.57. The van der Waals surface area contributed by atoms with Gasteiger partial charge in [0.1, 0.15) is 13.2 Å². The Morgan fingerprint density at radius 1 is 1.00 bits per heavy atom. The minimum Gasteiger partial charge on any atom is -0.486 e. The van der Waals surface area contributed by atoms with E-state index in [4.69, 9.17) is 9.47 Å². The van der Waals surface area contributed by atoms with Crippen LogP contribution in [0.25, 0.3) is 0 Å². The predicted octanol–water partition coefficient (Wildman–Crippen LogP) is 2.40. The number of benzene rings is 1. The van der Waals surface area contributed by atoms with Crippen LogP contribution in [-0.4, -0.2) is 73.9 Å². The molecule has 0 radical (unpaired) electrons. The molecule has 172 valence electrons. The van der Waals surface area contributed by atoms with Gasteiger partial charge in [0, 0.05) is 55.2 Å². The zero-order chi connectivity index (χ0) is 22.5. The van der Waals surface area contributed by atoms with Gasteiger partial charge in [0.2, 0.25) is 10.0 Å². The van der Waals surface area contributed by atoms with E-state index in [1.54, 1.807) is 12.1 Å². The van der Waals surface area contributed by atoms with Gasteiger partial charge in [-0.3, -0.25) is 9.69 Å². The third-order valence-corrected chi connectivity index (χ3v) is 8.44. The molecular weight excluding hydrogens is 430 g/mol. The van der Waals surface area contributed by atoms with Crippen molar-refractivity contribution in [2.75, 3.05) is 45.9 Å². The van der Waals surface area contributed by atoms with Gasteiger partial charge in [-0.05, 0) is 44.9 Å². The molecule has 0 unspecified atom stereocenters. The number of Topliss-reactive ketones (excluding diaryl/α,β-unsaturated/α-hetero) is 1. The van der Waals surface area contributed by atoms with Crippen molar-refractivity contribution in [1.29, 1.82) is 0 Å². The Kier molecular flexibility index (Phi) is 5.51. The van der Waals surface area contributed by atoms with Crippen LogP contribution < -0.4 is 9.47 Å². The highest BCUT2D eigenvalue weighted by Gasteiger charge is 2.32. The number of ketones is 1. The first-order valence-electron chi connectivity index (χ1n) is 11.2. The predicted molar refractivity (Wildman–Crippen MR) is 119 cm³/mol. The quantitative estimate of drug-likeness (QED) is 0.617. The van der Waals surface area contributed by atoms with Crippen LogP contribution in [0.5, 0.6) is 11.5 Å². The van der Waals surface area contributed by atoms with Crippen molar-refractivity contribution in [1.82, 2.24) is 13.8 Å². The van der Waals surface area contributed by atoms with Crippen molar-refractivity contribution < 1.29 is 22.7 Å². The molecule has 1 aliphatic carbocycles. The van der Waals surface area contributed by atoms with Gasteiger partial charge in [-0.2, -0.15) is 4.31 Å². The summed E-state index contributed by atoms with van der Waals surface area (Å²) in [6.45, 7) is 7.02. The second-order valence-corrected chi connectivity index (χ2v) is 10.7. The number of ether oxygens (including phenoxy) is 2. The average molecular weight is 460 g/mol. The van der Waals surface area contributed by atoms with Gasteiger partial charge in [0.25, 0.3) is 0 Å². The van der Waals surface area contributed by atoms with E-state index >= 15 is 0 Å². The number of carbonyl (C=O) groups excluding carboxylic acids is 1. The van der Waals surface area contributed by atoms with Gasteiger partial charge < -0.3 is 14.0 Å². The molecular formula is C23H29N3O5S. The minimum absolute atomic E-state index is 0.105. The lowest BCUT2D eigenvalue weighted by atomic mass is 10.1. The molecule has 1 aromatic carbocycles. The van der Waals surface area contributed by atoms with Crippen LogP contribution in [0.15, 0.2) is 29.2 Å². The summed E-state index contributed by atoms with van der Waals surface area (Å²) < 4.78 is 41.0. The highest BCUT2D eigenvalue weighted by atomic mass is 32.2. The smallest absolute Gasteiger partial charge is 0.243 e.